The van der Waals surface area contributed by atoms with Gasteiger partial charge >= 0.3 is 0 Å². The Morgan fingerprint density at radius 3 is 2.95 bits per heavy atom. The molecule has 114 valence electrons. The van der Waals surface area contributed by atoms with E-state index in [1.165, 1.54) is 17.7 Å². The number of ether oxygens (including phenoxy) is 1. The monoisotopic (exact) mass is 297 g/mol. The minimum atomic E-state index is 0.386. The molecule has 2 unspecified atom stereocenters. The summed E-state index contributed by atoms with van der Waals surface area (Å²) >= 11 is 1.55. The van der Waals surface area contributed by atoms with Gasteiger partial charge in [-0.2, -0.15) is 0 Å². The molecule has 0 radical (unpaired) electrons. The van der Waals surface area contributed by atoms with Crippen molar-refractivity contribution in [2.75, 3.05) is 13.2 Å². The molecule has 4 nitrogen and oxygen atoms in total. The average molecular weight is 297 g/mol. The maximum absolute atomic E-state index is 5.75. The standard InChI is InChI=1S/C15H27N3OS/c1-4-9-16-13(8-7-12-6-5-10-19-12)15-14(11(2)3)17-18-20-15/h11-13,16H,4-10H2,1-3H3. The van der Waals surface area contributed by atoms with Crippen molar-refractivity contribution in [3.8, 4) is 0 Å². The SMILES string of the molecule is CCCNC(CCC1CCCO1)c1snnc1C(C)C. The average Bonchev–Trinajstić information content (AvgIpc) is 3.09. The van der Waals surface area contributed by atoms with Crippen LogP contribution in [0.15, 0.2) is 0 Å². The van der Waals surface area contributed by atoms with E-state index < -0.39 is 0 Å². The smallest absolute Gasteiger partial charge is 0.0829 e. The summed E-state index contributed by atoms with van der Waals surface area (Å²) < 4.78 is 9.92. The van der Waals surface area contributed by atoms with Gasteiger partial charge in [-0.25, -0.2) is 0 Å². The second kappa shape index (κ2) is 8.05. The van der Waals surface area contributed by atoms with Crippen LogP contribution in [-0.4, -0.2) is 28.8 Å². The van der Waals surface area contributed by atoms with Crippen molar-refractivity contribution in [1.29, 1.82) is 0 Å². The van der Waals surface area contributed by atoms with Crippen LogP contribution >= 0.6 is 11.5 Å². The van der Waals surface area contributed by atoms with Gasteiger partial charge in [0.2, 0.25) is 0 Å². The third-order valence-corrected chi connectivity index (χ3v) is 4.70. The molecule has 1 saturated heterocycles. The molecule has 2 rings (SSSR count). The molecule has 1 aliphatic heterocycles. The summed E-state index contributed by atoms with van der Waals surface area (Å²) in [5.74, 6) is 0.442. The molecule has 1 aromatic rings. The molecule has 0 aliphatic carbocycles. The quantitative estimate of drug-likeness (QED) is 0.795. The highest BCUT2D eigenvalue weighted by Gasteiger charge is 2.23. The molecule has 0 aromatic carbocycles. The van der Waals surface area contributed by atoms with Gasteiger partial charge in [-0.05, 0) is 56.1 Å². The molecule has 0 spiro atoms. The van der Waals surface area contributed by atoms with E-state index in [9.17, 15) is 0 Å². The van der Waals surface area contributed by atoms with Crippen LogP contribution in [0.2, 0.25) is 0 Å². The molecule has 1 aromatic heterocycles. The van der Waals surface area contributed by atoms with Crippen molar-refractivity contribution in [2.24, 2.45) is 0 Å². The summed E-state index contributed by atoms with van der Waals surface area (Å²) in [6.45, 7) is 8.58. The van der Waals surface area contributed by atoms with E-state index >= 15 is 0 Å². The summed E-state index contributed by atoms with van der Waals surface area (Å²) in [5.41, 5.74) is 1.16. The lowest BCUT2D eigenvalue weighted by Crippen LogP contribution is -2.24. The lowest BCUT2D eigenvalue weighted by atomic mass is 10.0. The van der Waals surface area contributed by atoms with Gasteiger partial charge in [-0.1, -0.05) is 25.3 Å². The number of hydrogen-bond acceptors (Lipinski definition) is 5. The number of rotatable bonds is 8. The zero-order valence-corrected chi connectivity index (χ0v) is 13.7. The van der Waals surface area contributed by atoms with Gasteiger partial charge in [0.15, 0.2) is 0 Å². The number of hydrogen-bond donors (Lipinski definition) is 1. The summed E-state index contributed by atoms with van der Waals surface area (Å²) in [5, 5.41) is 7.99. The fourth-order valence-corrected chi connectivity index (χ4v) is 3.63. The predicted octanol–water partition coefficient (Wildman–Crippen LogP) is 3.66. The van der Waals surface area contributed by atoms with E-state index in [-0.39, 0.29) is 0 Å². The first-order chi connectivity index (χ1) is 9.72. The highest BCUT2D eigenvalue weighted by molar-refractivity contribution is 7.05. The number of nitrogens with zero attached hydrogens (tertiary/aromatic N) is 2. The Balaban J connectivity index is 1.99. The van der Waals surface area contributed by atoms with Gasteiger partial charge in [0.05, 0.1) is 16.7 Å². The van der Waals surface area contributed by atoms with Gasteiger partial charge in [-0.3, -0.25) is 0 Å². The van der Waals surface area contributed by atoms with Crippen molar-refractivity contribution in [3.05, 3.63) is 10.6 Å². The van der Waals surface area contributed by atoms with Crippen molar-refractivity contribution in [2.45, 2.75) is 70.9 Å². The molecule has 0 saturated carbocycles. The lowest BCUT2D eigenvalue weighted by molar-refractivity contribution is 0.0996. The second-order valence-electron chi connectivity index (χ2n) is 5.90. The minimum Gasteiger partial charge on any atom is -0.378 e. The number of nitrogens with one attached hydrogen (secondary N) is 1. The molecule has 0 bridgehead atoms. The normalized spacial score (nSPS) is 20.7. The topological polar surface area (TPSA) is 47.0 Å². The van der Waals surface area contributed by atoms with Crippen LogP contribution < -0.4 is 5.32 Å². The molecule has 2 atom stereocenters. The maximum atomic E-state index is 5.75. The molecule has 2 heterocycles. The van der Waals surface area contributed by atoms with E-state index in [2.05, 4.69) is 35.7 Å². The van der Waals surface area contributed by atoms with Gasteiger partial charge in [0.25, 0.3) is 0 Å². The summed E-state index contributed by atoms with van der Waals surface area (Å²) in [6.07, 6.45) is 6.31. The number of aromatic nitrogens is 2. The van der Waals surface area contributed by atoms with Gasteiger partial charge < -0.3 is 10.1 Å². The molecule has 20 heavy (non-hydrogen) atoms. The Hall–Kier alpha value is -0.520. The Kier molecular flexibility index (Phi) is 6.39. The van der Waals surface area contributed by atoms with Gasteiger partial charge in [-0.15, -0.1) is 5.10 Å². The maximum Gasteiger partial charge on any atom is 0.0829 e. The van der Waals surface area contributed by atoms with Crippen LogP contribution in [0.1, 0.15) is 75.4 Å². The lowest BCUT2D eigenvalue weighted by Gasteiger charge is -2.20. The van der Waals surface area contributed by atoms with Crippen molar-refractivity contribution in [3.63, 3.8) is 0 Å². The Labute approximate surface area is 126 Å². The molecule has 0 amide bonds. The van der Waals surface area contributed by atoms with Gasteiger partial charge in [0.1, 0.15) is 0 Å². The van der Waals surface area contributed by atoms with E-state index in [0.717, 1.165) is 38.1 Å². The zero-order chi connectivity index (χ0) is 14.4. The first-order valence-electron chi connectivity index (χ1n) is 7.89. The van der Waals surface area contributed by atoms with Crippen LogP contribution in [0.3, 0.4) is 0 Å². The highest BCUT2D eigenvalue weighted by Crippen LogP contribution is 2.30. The Bertz CT molecular complexity index is 388. The van der Waals surface area contributed by atoms with Crippen LogP contribution in [0.5, 0.6) is 0 Å². The fraction of sp³-hybridized carbons (Fsp3) is 0.867. The van der Waals surface area contributed by atoms with Crippen LogP contribution in [0.4, 0.5) is 0 Å². The predicted molar refractivity (Wildman–Crippen MR) is 83.2 cm³/mol. The van der Waals surface area contributed by atoms with E-state index in [4.69, 9.17) is 4.74 Å². The first kappa shape index (κ1) is 15.9. The summed E-state index contributed by atoms with van der Waals surface area (Å²) in [6, 6.07) is 0.386. The molecule has 1 fully saturated rings. The highest BCUT2D eigenvalue weighted by atomic mass is 32.1. The van der Waals surface area contributed by atoms with Crippen LogP contribution in [0, 0.1) is 0 Å². The van der Waals surface area contributed by atoms with E-state index in [0.29, 0.717) is 18.1 Å². The second-order valence-corrected chi connectivity index (χ2v) is 6.68. The third kappa shape index (κ3) is 4.24. The molecule has 1 N–H and O–H groups in total. The van der Waals surface area contributed by atoms with E-state index in [1.54, 1.807) is 11.5 Å². The van der Waals surface area contributed by atoms with Crippen LogP contribution in [0.25, 0.3) is 0 Å². The molecular weight excluding hydrogens is 270 g/mol. The van der Waals surface area contributed by atoms with Crippen molar-refractivity contribution < 1.29 is 4.74 Å². The molecule has 5 heteroatoms. The van der Waals surface area contributed by atoms with Crippen molar-refractivity contribution in [1.82, 2.24) is 14.9 Å². The van der Waals surface area contributed by atoms with Crippen molar-refractivity contribution >= 4 is 11.5 Å². The summed E-state index contributed by atoms with van der Waals surface area (Å²) in [7, 11) is 0. The Morgan fingerprint density at radius 2 is 2.30 bits per heavy atom. The van der Waals surface area contributed by atoms with Gasteiger partial charge in [0, 0.05) is 12.6 Å². The largest absolute Gasteiger partial charge is 0.378 e. The van der Waals surface area contributed by atoms with Crippen LogP contribution in [-0.2, 0) is 4.74 Å². The van der Waals surface area contributed by atoms with E-state index in [1.807, 2.05) is 0 Å². The molecule has 1 aliphatic rings. The Morgan fingerprint density at radius 1 is 1.45 bits per heavy atom. The first-order valence-corrected chi connectivity index (χ1v) is 8.66. The summed E-state index contributed by atoms with van der Waals surface area (Å²) in [4.78, 5) is 1.33. The minimum absolute atomic E-state index is 0.386. The third-order valence-electron chi connectivity index (χ3n) is 3.85. The molecular formula is C15H27N3OS. The zero-order valence-electron chi connectivity index (χ0n) is 12.9. The fourth-order valence-electron chi connectivity index (χ4n) is 2.72.